The smallest absolute Gasteiger partial charge is 0.133 e. The Morgan fingerprint density at radius 2 is 2.06 bits per heavy atom. The fourth-order valence-electron chi connectivity index (χ4n) is 1.42. The van der Waals surface area contributed by atoms with Gasteiger partial charge in [-0.15, -0.1) is 0 Å². The van der Waals surface area contributed by atoms with Gasteiger partial charge in [0.1, 0.15) is 5.82 Å². The molecule has 0 aliphatic rings. The van der Waals surface area contributed by atoms with Gasteiger partial charge < -0.3 is 11.1 Å². The lowest BCUT2D eigenvalue weighted by molar-refractivity contribution is 1.26. The second-order valence-corrected chi connectivity index (χ2v) is 3.95. The summed E-state index contributed by atoms with van der Waals surface area (Å²) < 4.78 is 0. The normalized spacial score (nSPS) is 10.1. The van der Waals surface area contributed by atoms with Gasteiger partial charge in [-0.2, -0.15) is 0 Å². The molecule has 0 bridgehead atoms. The molecule has 1 aromatic carbocycles. The van der Waals surface area contributed by atoms with Gasteiger partial charge in [-0.1, -0.05) is 23.7 Å². The summed E-state index contributed by atoms with van der Waals surface area (Å²) in [6.07, 6.45) is 1.62. The van der Waals surface area contributed by atoms with Gasteiger partial charge in [0.15, 0.2) is 0 Å². The molecule has 4 heteroatoms. The average Bonchev–Trinajstić information content (AvgIpc) is 2.25. The molecule has 3 nitrogen and oxygen atoms in total. The summed E-state index contributed by atoms with van der Waals surface area (Å²) in [5, 5.41) is 3.84. The number of hydrogen-bond donors (Lipinski definition) is 2. The second-order valence-electron chi connectivity index (χ2n) is 3.54. The minimum Gasteiger partial charge on any atom is -0.397 e. The predicted octanol–water partition coefficient (Wildman–Crippen LogP) is 3.37. The lowest BCUT2D eigenvalue weighted by Crippen LogP contribution is -1.98. The van der Waals surface area contributed by atoms with Crippen LogP contribution in [0.3, 0.4) is 0 Å². The van der Waals surface area contributed by atoms with Crippen molar-refractivity contribution in [1.82, 2.24) is 4.98 Å². The zero-order valence-electron chi connectivity index (χ0n) is 8.87. The van der Waals surface area contributed by atoms with E-state index in [9.17, 15) is 0 Å². The number of nitrogens with zero attached hydrogens (tertiary/aromatic N) is 1. The summed E-state index contributed by atoms with van der Waals surface area (Å²) in [6.45, 7) is 1.95. The van der Waals surface area contributed by atoms with Crippen LogP contribution in [0.4, 0.5) is 17.2 Å². The Kier molecular flexibility index (Phi) is 2.97. The third kappa shape index (κ3) is 2.25. The fraction of sp³-hybridized carbons (Fsp3) is 0.0833. The number of pyridine rings is 1. The Hall–Kier alpha value is -1.74. The topological polar surface area (TPSA) is 50.9 Å². The summed E-state index contributed by atoms with van der Waals surface area (Å²) >= 11 is 6.04. The molecule has 0 spiro atoms. The van der Waals surface area contributed by atoms with Crippen LogP contribution in [0.25, 0.3) is 0 Å². The number of anilines is 3. The van der Waals surface area contributed by atoms with E-state index >= 15 is 0 Å². The second kappa shape index (κ2) is 4.41. The molecule has 0 radical (unpaired) electrons. The van der Waals surface area contributed by atoms with Crippen molar-refractivity contribution in [3.8, 4) is 0 Å². The van der Waals surface area contributed by atoms with E-state index in [1.807, 2.05) is 37.3 Å². The van der Waals surface area contributed by atoms with Gasteiger partial charge in [0.2, 0.25) is 0 Å². The average molecular weight is 234 g/mol. The summed E-state index contributed by atoms with van der Waals surface area (Å²) in [6, 6.07) is 9.40. The third-order valence-electron chi connectivity index (χ3n) is 2.23. The molecule has 1 aromatic heterocycles. The molecule has 0 fully saturated rings. The molecule has 0 aliphatic heterocycles. The van der Waals surface area contributed by atoms with Crippen LogP contribution in [-0.4, -0.2) is 4.98 Å². The van der Waals surface area contributed by atoms with Crippen LogP contribution >= 0.6 is 11.6 Å². The first-order valence-corrected chi connectivity index (χ1v) is 5.28. The highest BCUT2D eigenvalue weighted by Crippen LogP contribution is 2.25. The van der Waals surface area contributed by atoms with Gasteiger partial charge in [0.25, 0.3) is 0 Å². The number of aromatic nitrogens is 1. The van der Waals surface area contributed by atoms with Crippen molar-refractivity contribution >= 4 is 28.8 Å². The van der Waals surface area contributed by atoms with Crippen LogP contribution in [0.15, 0.2) is 36.5 Å². The molecule has 3 N–H and O–H groups in total. The molecule has 0 unspecified atom stereocenters. The van der Waals surface area contributed by atoms with Crippen LogP contribution in [0.5, 0.6) is 0 Å². The van der Waals surface area contributed by atoms with Crippen LogP contribution in [0.2, 0.25) is 5.02 Å². The molecule has 0 saturated carbocycles. The summed E-state index contributed by atoms with van der Waals surface area (Å²) in [5.74, 6) is 0.766. The van der Waals surface area contributed by atoms with Crippen molar-refractivity contribution in [3.05, 3.63) is 47.1 Å². The van der Waals surface area contributed by atoms with Gasteiger partial charge >= 0.3 is 0 Å². The SMILES string of the molecule is Cc1cc(N)cnc1Nc1ccccc1Cl. The Morgan fingerprint density at radius 3 is 2.75 bits per heavy atom. The number of benzene rings is 1. The molecule has 0 saturated heterocycles. The Balaban J connectivity index is 2.31. The van der Waals surface area contributed by atoms with Crippen molar-refractivity contribution in [3.63, 3.8) is 0 Å². The van der Waals surface area contributed by atoms with Crippen molar-refractivity contribution in [2.45, 2.75) is 6.92 Å². The highest BCUT2D eigenvalue weighted by Gasteiger charge is 2.03. The van der Waals surface area contributed by atoms with E-state index < -0.39 is 0 Å². The number of aryl methyl sites for hydroxylation is 1. The standard InChI is InChI=1S/C12H12ClN3/c1-8-6-9(14)7-15-12(8)16-11-5-3-2-4-10(11)13/h2-7H,14H2,1H3,(H,15,16). The number of nitrogens with two attached hydrogens (primary N) is 1. The first kappa shape index (κ1) is 10.8. The molecule has 0 atom stereocenters. The first-order chi connectivity index (χ1) is 7.66. The maximum atomic E-state index is 6.04. The highest BCUT2D eigenvalue weighted by atomic mass is 35.5. The van der Waals surface area contributed by atoms with Crippen LogP contribution in [0, 0.1) is 6.92 Å². The molecular weight excluding hydrogens is 222 g/mol. The van der Waals surface area contributed by atoms with Gasteiger partial charge in [0.05, 0.1) is 22.6 Å². The van der Waals surface area contributed by atoms with Crippen LogP contribution < -0.4 is 11.1 Å². The van der Waals surface area contributed by atoms with Crippen molar-refractivity contribution in [2.75, 3.05) is 11.1 Å². The molecule has 16 heavy (non-hydrogen) atoms. The number of hydrogen-bond acceptors (Lipinski definition) is 3. The largest absolute Gasteiger partial charge is 0.397 e. The van der Waals surface area contributed by atoms with E-state index in [-0.39, 0.29) is 0 Å². The predicted molar refractivity (Wildman–Crippen MR) is 68.1 cm³/mol. The van der Waals surface area contributed by atoms with E-state index in [2.05, 4.69) is 10.3 Å². The van der Waals surface area contributed by atoms with Gasteiger partial charge in [-0.25, -0.2) is 4.98 Å². The number of nitrogen functional groups attached to an aromatic ring is 1. The Morgan fingerprint density at radius 1 is 1.31 bits per heavy atom. The summed E-state index contributed by atoms with van der Waals surface area (Å²) in [4.78, 5) is 4.22. The molecule has 82 valence electrons. The minimum absolute atomic E-state index is 0.655. The molecule has 0 aliphatic carbocycles. The molecule has 2 aromatic rings. The van der Waals surface area contributed by atoms with Crippen molar-refractivity contribution in [2.24, 2.45) is 0 Å². The van der Waals surface area contributed by atoms with Gasteiger partial charge in [-0.3, -0.25) is 0 Å². The highest BCUT2D eigenvalue weighted by molar-refractivity contribution is 6.33. The number of nitrogens with one attached hydrogen (secondary N) is 1. The quantitative estimate of drug-likeness (QED) is 0.836. The minimum atomic E-state index is 0.655. The lowest BCUT2D eigenvalue weighted by atomic mass is 10.2. The van der Waals surface area contributed by atoms with Gasteiger partial charge in [-0.05, 0) is 30.7 Å². The molecule has 1 heterocycles. The zero-order valence-corrected chi connectivity index (χ0v) is 9.62. The fourth-order valence-corrected chi connectivity index (χ4v) is 1.60. The van der Waals surface area contributed by atoms with E-state index in [1.54, 1.807) is 6.20 Å². The Labute approximate surface area is 99.3 Å². The number of halogens is 1. The molecule has 0 amide bonds. The molecular formula is C12H12ClN3. The first-order valence-electron chi connectivity index (χ1n) is 4.90. The maximum absolute atomic E-state index is 6.04. The van der Waals surface area contributed by atoms with E-state index in [0.29, 0.717) is 10.7 Å². The zero-order chi connectivity index (χ0) is 11.5. The number of para-hydroxylation sites is 1. The monoisotopic (exact) mass is 233 g/mol. The van der Waals surface area contributed by atoms with Crippen molar-refractivity contribution < 1.29 is 0 Å². The number of rotatable bonds is 2. The third-order valence-corrected chi connectivity index (χ3v) is 2.56. The van der Waals surface area contributed by atoms with Crippen LogP contribution in [0.1, 0.15) is 5.56 Å². The summed E-state index contributed by atoms with van der Waals surface area (Å²) in [5.41, 5.74) is 8.11. The Bertz CT molecular complexity index is 511. The van der Waals surface area contributed by atoms with Gasteiger partial charge in [0, 0.05) is 0 Å². The van der Waals surface area contributed by atoms with E-state index in [0.717, 1.165) is 17.1 Å². The van der Waals surface area contributed by atoms with E-state index in [4.69, 9.17) is 17.3 Å². The van der Waals surface area contributed by atoms with Crippen molar-refractivity contribution in [1.29, 1.82) is 0 Å². The lowest BCUT2D eigenvalue weighted by Gasteiger charge is -2.10. The maximum Gasteiger partial charge on any atom is 0.133 e. The van der Waals surface area contributed by atoms with E-state index in [1.165, 1.54) is 0 Å². The molecule has 2 rings (SSSR count). The van der Waals surface area contributed by atoms with Crippen LogP contribution in [-0.2, 0) is 0 Å². The summed E-state index contributed by atoms with van der Waals surface area (Å²) in [7, 11) is 0.